The number of hydrogen-bond acceptors (Lipinski definition) is 7. The molecule has 0 bridgehead atoms. The first kappa shape index (κ1) is 23.1. The highest BCUT2D eigenvalue weighted by Crippen LogP contribution is 2.38. The molecule has 170 valence electrons. The number of rotatable bonds is 7. The molecule has 4 rings (SSSR count). The van der Waals surface area contributed by atoms with Crippen molar-refractivity contribution in [3.8, 4) is 5.69 Å². The Kier molecular flexibility index (Phi) is 7.17. The van der Waals surface area contributed by atoms with Crippen LogP contribution in [0.5, 0.6) is 0 Å². The molecule has 1 aliphatic rings. The van der Waals surface area contributed by atoms with E-state index in [1.807, 2.05) is 6.08 Å². The molecule has 0 radical (unpaired) electrons. The number of hydrogen-bond donors (Lipinski definition) is 3. The maximum absolute atomic E-state index is 12.5. The minimum Gasteiger partial charge on any atom is -0.397 e. The van der Waals surface area contributed by atoms with Gasteiger partial charge in [-0.1, -0.05) is 40.9 Å². The molecule has 3 aromatic rings. The molecule has 8 nitrogen and oxygen atoms in total. The molecule has 0 saturated heterocycles. The van der Waals surface area contributed by atoms with Gasteiger partial charge in [0.15, 0.2) is 0 Å². The number of nitrogens with one attached hydrogen (secondary N) is 2. The Bertz CT molecular complexity index is 1270. The van der Waals surface area contributed by atoms with Gasteiger partial charge >= 0.3 is 0 Å². The molecule has 0 saturated carbocycles. The van der Waals surface area contributed by atoms with Crippen molar-refractivity contribution in [1.82, 2.24) is 19.5 Å². The summed E-state index contributed by atoms with van der Waals surface area (Å²) in [6, 6.07) is 6.51. The van der Waals surface area contributed by atoms with Crippen molar-refractivity contribution < 1.29 is 0 Å². The number of halogens is 3. The molecule has 1 aliphatic carbocycles. The molecular weight excluding hydrogens is 485 g/mol. The standard InChI is InChI=1S/C22H20Cl3N7O/c23-13-1-4-16(17(25)9-13)21-18(32-12-14(24)2-6-20(32)33)11-30-22(31-21)28-8-7-27-19-5-3-15(26)10-29-19/h1-3,5-6,9-12,16H,4,7-8,26H2,(H,27,29)(H,28,30,31). The summed E-state index contributed by atoms with van der Waals surface area (Å²) in [6.07, 6.45) is 8.79. The molecular formula is C22H20Cl3N7O. The van der Waals surface area contributed by atoms with Crippen molar-refractivity contribution in [3.05, 3.63) is 86.1 Å². The van der Waals surface area contributed by atoms with E-state index in [0.717, 1.165) is 0 Å². The maximum Gasteiger partial charge on any atom is 0.255 e. The Balaban J connectivity index is 1.58. The molecule has 4 N–H and O–H groups in total. The summed E-state index contributed by atoms with van der Waals surface area (Å²) in [7, 11) is 0. The fourth-order valence-electron chi connectivity index (χ4n) is 3.32. The fourth-order valence-corrected chi connectivity index (χ4v) is 4.05. The van der Waals surface area contributed by atoms with Crippen LogP contribution in [0.3, 0.4) is 0 Å². The van der Waals surface area contributed by atoms with Crippen molar-refractivity contribution in [2.45, 2.75) is 12.3 Å². The Labute approximate surface area is 205 Å². The monoisotopic (exact) mass is 503 g/mol. The summed E-state index contributed by atoms with van der Waals surface area (Å²) in [5, 5.41) is 7.87. The van der Waals surface area contributed by atoms with Crippen molar-refractivity contribution in [2.24, 2.45) is 0 Å². The van der Waals surface area contributed by atoms with E-state index in [1.54, 1.807) is 30.6 Å². The summed E-state index contributed by atoms with van der Waals surface area (Å²) >= 11 is 18.8. The van der Waals surface area contributed by atoms with Gasteiger partial charge in [0.2, 0.25) is 5.95 Å². The molecule has 0 spiro atoms. The van der Waals surface area contributed by atoms with Crippen molar-refractivity contribution in [2.75, 3.05) is 29.5 Å². The number of anilines is 3. The van der Waals surface area contributed by atoms with Crippen LogP contribution in [0.4, 0.5) is 17.5 Å². The lowest BCUT2D eigenvalue weighted by molar-refractivity contribution is 0.771. The average Bonchev–Trinajstić information content (AvgIpc) is 2.80. The van der Waals surface area contributed by atoms with Crippen molar-refractivity contribution >= 4 is 52.3 Å². The molecule has 0 fully saturated rings. The molecule has 11 heteroatoms. The van der Waals surface area contributed by atoms with Crippen LogP contribution in [-0.2, 0) is 0 Å². The van der Waals surface area contributed by atoms with E-state index in [0.29, 0.717) is 63.4 Å². The quantitative estimate of drug-likeness (QED) is 0.406. The number of nitrogens with zero attached hydrogens (tertiary/aromatic N) is 4. The molecule has 1 atom stereocenters. The third-order valence-electron chi connectivity index (χ3n) is 4.92. The zero-order chi connectivity index (χ0) is 23.4. The first-order valence-electron chi connectivity index (χ1n) is 10.1. The van der Waals surface area contributed by atoms with Gasteiger partial charge in [-0.15, -0.1) is 0 Å². The first-order chi connectivity index (χ1) is 15.9. The average molecular weight is 505 g/mol. The lowest BCUT2D eigenvalue weighted by atomic mass is 9.95. The third-order valence-corrected chi connectivity index (χ3v) is 5.78. The summed E-state index contributed by atoms with van der Waals surface area (Å²) in [6.45, 7) is 1.11. The summed E-state index contributed by atoms with van der Waals surface area (Å²) < 4.78 is 1.42. The second-order valence-corrected chi connectivity index (χ2v) is 8.57. The lowest BCUT2D eigenvalue weighted by Crippen LogP contribution is -2.22. The largest absolute Gasteiger partial charge is 0.397 e. The zero-order valence-electron chi connectivity index (χ0n) is 17.3. The van der Waals surface area contributed by atoms with Gasteiger partial charge < -0.3 is 16.4 Å². The van der Waals surface area contributed by atoms with Gasteiger partial charge in [0.1, 0.15) is 5.82 Å². The second-order valence-electron chi connectivity index (χ2n) is 7.26. The highest BCUT2D eigenvalue weighted by molar-refractivity contribution is 6.35. The van der Waals surface area contributed by atoms with Gasteiger partial charge in [-0.3, -0.25) is 9.36 Å². The highest BCUT2D eigenvalue weighted by Gasteiger charge is 2.25. The Morgan fingerprint density at radius 2 is 1.88 bits per heavy atom. The fraction of sp³-hybridized carbons (Fsp3) is 0.182. The van der Waals surface area contributed by atoms with Crippen LogP contribution >= 0.6 is 34.8 Å². The molecule has 0 aromatic carbocycles. The molecule has 0 aliphatic heterocycles. The number of allylic oxidation sites excluding steroid dienone is 4. The number of aromatic nitrogens is 4. The molecule has 3 heterocycles. The van der Waals surface area contributed by atoms with Crippen LogP contribution in [0.15, 0.2) is 69.9 Å². The number of nitrogens with two attached hydrogens (primary N) is 1. The Hall–Kier alpha value is -3.07. The van der Waals surface area contributed by atoms with E-state index in [2.05, 4.69) is 20.6 Å². The van der Waals surface area contributed by atoms with Gasteiger partial charge in [-0.25, -0.2) is 15.0 Å². The van der Waals surface area contributed by atoms with Crippen LogP contribution in [0, 0.1) is 0 Å². The Morgan fingerprint density at radius 1 is 1.06 bits per heavy atom. The van der Waals surface area contributed by atoms with Crippen LogP contribution in [0.25, 0.3) is 5.69 Å². The van der Waals surface area contributed by atoms with E-state index in [4.69, 9.17) is 45.5 Å². The van der Waals surface area contributed by atoms with E-state index in [-0.39, 0.29) is 11.5 Å². The van der Waals surface area contributed by atoms with Gasteiger partial charge in [0.05, 0.1) is 34.5 Å². The smallest absolute Gasteiger partial charge is 0.255 e. The zero-order valence-corrected chi connectivity index (χ0v) is 19.6. The summed E-state index contributed by atoms with van der Waals surface area (Å²) in [5.74, 6) is 0.836. The van der Waals surface area contributed by atoms with E-state index in [9.17, 15) is 4.79 Å². The van der Waals surface area contributed by atoms with Gasteiger partial charge in [-0.2, -0.15) is 0 Å². The van der Waals surface area contributed by atoms with Gasteiger partial charge in [0.25, 0.3) is 5.56 Å². The lowest BCUT2D eigenvalue weighted by Gasteiger charge is -2.22. The van der Waals surface area contributed by atoms with Crippen LogP contribution in [0.1, 0.15) is 18.0 Å². The van der Waals surface area contributed by atoms with E-state index in [1.165, 1.54) is 22.9 Å². The molecule has 0 amide bonds. The Morgan fingerprint density at radius 3 is 2.64 bits per heavy atom. The van der Waals surface area contributed by atoms with Crippen LogP contribution < -0.4 is 21.9 Å². The van der Waals surface area contributed by atoms with Crippen molar-refractivity contribution in [1.29, 1.82) is 0 Å². The second kappa shape index (κ2) is 10.2. The van der Waals surface area contributed by atoms with Gasteiger partial charge in [0, 0.05) is 41.3 Å². The molecule has 1 unspecified atom stereocenters. The highest BCUT2D eigenvalue weighted by atomic mass is 35.5. The summed E-state index contributed by atoms with van der Waals surface area (Å²) in [4.78, 5) is 25.8. The van der Waals surface area contributed by atoms with E-state index >= 15 is 0 Å². The third kappa shape index (κ3) is 5.65. The molecule has 33 heavy (non-hydrogen) atoms. The van der Waals surface area contributed by atoms with Crippen molar-refractivity contribution in [3.63, 3.8) is 0 Å². The summed E-state index contributed by atoms with van der Waals surface area (Å²) in [5.41, 5.74) is 7.09. The predicted octanol–water partition coefficient (Wildman–Crippen LogP) is 4.51. The normalized spacial score (nSPS) is 15.5. The van der Waals surface area contributed by atoms with Crippen LogP contribution in [-0.4, -0.2) is 32.6 Å². The SMILES string of the molecule is Nc1ccc(NCCNc2ncc(-n3cc(Cl)ccc3=O)c(C3CC=C(Cl)C=C3Cl)n2)nc1. The number of pyridine rings is 2. The number of nitrogen functional groups attached to an aromatic ring is 1. The van der Waals surface area contributed by atoms with Crippen LogP contribution in [0.2, 0.25) is 5.02 Å². The topological polar surface area (TPSA) is 111 Å². The molecule has 3 aromatic heterocycles. The predicted molar refractivity (Wildman–Crippen MR) is 133 cm³/mol. The van der Waals surface area contributed by atoms with E-state index < -0.39 is 0 Å². The minimum absolute atomic E-state index is 0.255. The minimum atomic E-state index is -0.282. The van der Waals surface area contributed by atoms with Gasteiger partial charge in [-0.05, 0) is 30.7 Å². The maximum atomic E-state index is 12.5. The first-order valence-corrected chi connectivity index (χ1v) is 11.2.